The lowest BCUT2D eigenvalue weighted by Gasteiger charge is -2.31. The largest absolute Gasteiger partial charge is 0.493 e. The third kappa shape index (κ3) is 2.25. The van der Waals surface area contributed by atoms with Gasteiger partial charge < -0.3 is 15.8 Å². The lowest BCUT2D eigenvalue weighted by atomic mass is 9.89. The summed E-state index contributed by atoms with van der Waals surface area (Å²) in [5, 5.41) is 3.66. The monoisotopic (exact) mass is 232 g/mol. The minimum absolute atomic E-state index is 0.583. The molecule has 0 aromatic heterocycles. The number of anilines is 1. The zero-order chi connectivity index (χ0) is 11.7. The van der Waals surface area contributed by atoms with Crippen LogP contribution in [-0.2, 0) is 0 Å². The second-order valence-corrected chi connectivity index (χ2v) is 5.17. The number of hydrogen-bond donors (Lipinski definition) is 2. The highest BCUT2D eigenvalue weighted by atomic mass is 16.5. The predicted octanol–water partition coefficient (Wildman–Crippen LogP) is 2.28. The molecule has 0 spiro atoms. The van der Waals surface area contributed by atoms with Crippen molar-refractivity contribution < 1.29 is 4.74 Å². The molecule has 0 saturated heterocycles. The molecule has 3 N–H and O–H groups in total. The molecule has 1 atom stereocenters. The van der Waals surface area contributed by atoms with E-state index in [-0.39, 0.29) is 0 Å². The van der Waals surface area contributed by atoms with Crippen molar-refractivity contribution >= 4 is 5.69 Å². The van der Waals surface area contributed by atoms with Gasteiger partial charge in [0.1, 0.15) is 5.75 Å². The number of nitrogen functional groups attached to an aromatic ring is 1. The summed E-state index contributed by atoms with van der Waals surface area (Å²) in [5.74, 6) is 1.57. The van der Waals surface area contributed by atoms with Crippen LogP contribution in [0.5, 0.6) is 5.75 Å². The number of nitrogens with one attached hydrogen (secondary N) is 1. The van der Waals surface area contributed by atoms with Crippen molar-refractivity contribution in [1.29, 1.82) is 0 Å². The molecule has 2 aliphatic rings. The molecule has 0 amide bonds. The molecule has 3 heteroatoms. The summed E-state index contributed by atoms with van der Waals surface area (Å²) in [4.78, 5) is 0. The van der Waals surface area contributed by atoms with Crippen molar-refractivity contribution in [2.24, 2.45) is 0 Å². The first-order valence-corrected chi connectivity index (χ1v) is 6.58. The molecule has 1 fully saturated rings. The number of fused-ring (bicyclic) bond motifs is 1. The molecule has 0 radical (unpaired) electrons. The van der Waals surface area contributed by atoms with Crippen LogP contribution < -0.4 is 15.8 Å². The van der Waals surface area contributed by atoms with E-state index in [2.05, 4.69) is 11.4 Å². The van der Waals surface area contributed by atoms with Gasteiger partial charge in [-0.3, -0.25) is 0 Å². The first-order chi connectivity index (χ1) is 8.33. The van der Waals surface area contributed by atoms with Crippen molar-refractivity contribution in [3.05, 3.63) is 23.8 Å². The van der Waals surface area contributed by atoms with E-state index in [9.17, 15) is 0 Å². The Kier molecular flexibility index (Phi) is 2.93. The molecule has 1 saturated carbocycles. The van der Waals surface area contributed by atoms with E-state index in [1.807, 2.05) is 12.1 Å². The van der Waals surface area contributed by atoms with Gasteiger partial charge in [0.2, 0.25) is 0 Å². The molecule has 1 unspecified atom stereocenters. The smallest absolute Gasteiger partial charge is 0.124 e. The summed E-state index contributed by atoms with van der Waals surface area (Å²) in [7, 11) is 0. The van der Waals surface area contributed by atoms with Crippen molar-refractivity contribution in [3.63, 3.8) is 0 Å². The molecule has 3 nitrogen and oxygen atoms in total. The lowest BCUT2D eigenvalue weighted by Crippen LogP contribution is -2.38. The summed E-state index contributed by atoms with van der Waals surface area (Å²) >= 11 is 0. The third-order valence-corrected chi connectivity index (χ3v) is 3.96. The molecule has 17 heavy (non-hydrogen) atoms. The van der Waals surface area contributed by atoms with Crippen LogP contribution in [0.2, 0.25) is 0 Å². The Hall–Kier alpha value is -1.22. The average molecular weight is 232 g/mol. The second kappa shape index (κ2) is 4.57. The quantitative estimate of drug-likeness (QED) is 0.786. The third-order valence-electron chi connectivity index (χ3n) is 3.96. The van der Waals surface area contributed by atoms with Crippen LogP contribution in [-0.4, -0.2) is 19.2 Å². The van der Waals surface area contributed by atoms with Gasteiger partial charge in [-0.15, -0.1) is 0 Å². The Labute approximate surface area is 102 Å². The second-order valence-electron chi connectivity index (χ2n) is 5.17. The van der Waals surface area contributed by atoms with Gasteiger partial charge in [-0.1, -0.05) is 12.5 Å². The van der Waals surface area contributed by atoms with E-state index in [0.29, 0.717) is 5.92 Å². The molecule has 3 rings (SSSR count). The minimum atomic E-state index is 0.583. The maximum Gasteiger partial charge on any atom is 0.124 e. The molecular weight excluding hydrogens is 212 g/mol. The minimum Gasteiger partial charge on any atom is -0.493 e. The van der Waals surface area contributed by atoms with E-state index >= 15 is 0 Å². The van der Waals surface area contributed by atoms with Crippen molar-refractivity contribution in [1.82, 2.24) is 5.32 Å². The maximum atomic E-state index is 5.78. The van der Waals surface area contributed by atoms with Crippen LogP contribution in [0.1, 0.15) is 37.2 Å². The van der Waals surface area contributed by atoms with Crippen molar-refractivity contribution in [2.45, 2.75) is 37.6 Å². The zero-order valence-corrected chi connectivity index (χ0v) is 10.1. The summed E-state index contributed by atoms with van der Waals surface area (Å²) in [6.45, 7) is 1.89. The number of hydrogen-bond acceptors (Lipinski definition) is 3. The van der Waals surface area contributed by atoms with Gasteiger partial charge in [0.25, 0.3) is 0 Å². The lowest BCUT2D eigenvalue weighted by molar-refractivity contribution is 0.254. The number of ether oxygens (including phenoxy) is 1. The molecular formula is C14H20N2O. The van der Waals surface area contributed by atoms with Crippen LogP contribution in [0.4, 0.5) is 5.69 Å². The maximum absolute atomic E-state index is 5.78. The van der Waals surface area contributed by atoms with E-state index in [1.165, 1.54) is 24.8 Å². The van der Waals surface area contributed by atoms with Gasteiger partial charge >= 0.3 is 0 Å². The average Bonchev–Trinajstić information content (AvgIpc) is 2.26. The van der Waals surface area contributed by atoms with Crippen LogP contribution in [0.3, 0.4) is 0 Å². The molecule has 0 bridgehead atoms. The van der Waals surface area contributed by atoms with Gasteiger partial charge in [0.15, 0.2) is 0 Å². The summed E-state index contributed by atoms with van der Waals surface area (Å²) < 4.78 is 5.67. The van der Waals surface area contributed by atoms with Gasteiger partial charge in [-0.2, -0.15) is 0 Å². The van der Waals surface area contributed by atoms with Gasteiger partial charge in [-0.05, 0) is 30.9 Å². The summed E-state index contributed by atoms with van der Waals surface area (Å²) in [5.41, 5.74) is 7.89. The Morgan fingerprint density at radius 2 is 2.18 bits per heavy atom. The molecule has 1 aromatic carbocycles. The highest BCUT2D eigenvalue weighted by Gasteiger charge is 2.24. The first kappa shape index (κ1) is 10.9. The van der Waals surface area contributed by atoms with Crippen LogP contribution >= 0.6 is 0 Å². The predicted molar refractivity (Wildman–Crippen MR) is 69.3 cm³/mol. The molecule has 1 heterocycles. The normalized spacial score (nSPS) is 23.6. The van der Waals surface area contributed by atoms with E-state index in [4.69, 9.17) is 10.5 Å². The van der Waals surface area contributed by atoms with Crippen LogP contribution in [0, 0.1) is 0 Å². The number of rotatable bonds is 3. The van der Waals surface area contributed by atoms with Crippen molar-refractivity contribution in [3.8, 4) is 5.75 Å². The zero-order valence-electron chi connectivity index (χ0n) is 10.1. The number of benzene rings is 1. The topological polar surface area (TPSA) is 47.3 Å². The van der Waals surface area contributed by atoms with Gasteiger partial charge in [0.05, 0.1) is 6.61 Å². The fourth-order valence-electron chi connectivity index (χ4n) is 2.61. The Bertz CT molecular complexity index is 401. The Morgan fingerprint density at radius 3 is 2.94 bits per heavy atom. The molecule has 1 aliphatic heterocycles. The Morgan fingerprint density at radius 1 is 1.29 bits per heavy atom. The van der Waals surface area contributed by atoms with Gasteiger partial charge in [-0.25, -0.2) is 0 Å². The highest BCUT2D eigenvalue weighted by molar-refractivity contribution is 5.50. The van der Waals surface area contributed by atoms with Crippen LogP contribution in [0.25, 0.3) is 0 Å². The molecule has 92 valence electrons. The highest BCUT2D eigenvalue weighted by Crippen LogP contribution is 2.35. The Balaban J connectivity index is 1.69. The molecule has 1 aliphatic carbocycles. The van der Waals surface area contributed by atoms with E-state index in [1.54, 1.807) is 0 Å². The number of nitrogens with two attached hydrogens (primary N) is 1. The van der Waals surface area contributed by atoms with Crippen LogP contribution in [0.15, 0.2) is 18.2 Å². The van der Waals surface area contributed by atoms with Gasteiger partial charge in [0, 0.05) is 30.3 Å². The fourth-order valence-corrected chi connectivity index (χ4v) is 2.61. The fraction of sp³-hybridized carbons (Fsp3) is 0.571. The SMILES string of the molecule is Nc1ccc2c(c1)OCCC2CNC1CCC1. The summed E-state index contributed by atoms with van der Waals surface area (Å²) in [6, 6.07) is 6.81. The summed E-state index contributed by atoms with van der Waals surface area (Å²) in [6.07, 6.45) is 5.19. The van der Waals surface area contributed by atoms with E-state index < -0.39 is 0 Å². The van der Waals surface area contributed by atoms with Crippen molar-refractivity contribution in [2.75, 3.05) is 18.9 Å². The van der Waals surface area contributed by atoms with E-state index in [0.717, 1.165) is 37.1 Å². The standard InChI is InChI=1S/C14H20N2O/c15-11-4-5-13-10(6-7-17-14(13)8-11)9-16-12-2-1-3-12/h4-5,8,10,12,16H,1-3,6-7,9,15H2. The molecule has 1 aromatic rings. The first-order valence-electron chi connectivity index (χ1n) is 6.58.